The highest BCUT2D eigenvalue weighted by Gasteiger charge is 2.36. The molecular formula is C25H39N3O3. The van der Waals surface area contributed by atoms with Crippen LogP contribution in [-0.4, -0.2) is 59.7 Å². The number of piperidine rings is 1. The third-order valence-electron chi connectivity index (χ3n) is 5.95. The third kappa shape index (κ3) is 7.08. The van der Waals surface area contributed by atoms with E-state index in [9.17, 15) is 14.4 Å². The van der Waals surface area contributed by atoms with Gasteiger partial charge in [0.05, 0.1) is 0 Å². The molecule has 1 aliphatic heterocycles. The Balaban J connectivity index is 2.13. The normalized spacial score (nSPS) is 16.0. The summed E-state index contributed by atoms with van der Waals surface area (Å²) >= 11 is 0. The molecule has 6 heteroatoms. The van der Waals surface area contributed by atoms with E-state index in [0.29, 0.717) is 51.0 Å². The van der Waals surface area contributed by atoms with E-state index in [1.54, 1.807) is 11.0 Å². The summed E-state index contributed by atoms with van der Waals surface area (Å²) in [6, 6.07) is 6.83. The quantitative estimate of drug-likeness (QED) is 0.719. The molecule has 1 saturated heterocycles. The van der Waals surface area contributed by atoms with Gasteiger partial charge in [0.25, 0.3) is 5.91 Å². The van der Waals surface area contributed by atoms with Crippen LogP contribution in [0.4, 0.5) is 0 Å². The number of carbonyl (C=O) groups excluding carboxylic acids is 3. The van der Waals surface area contributed by atoms with Gasteiger partial charge in [-0.3, -0.25) is 14.4 Å². The molecule has 1 N–H and O–H groups in total. The summed E-state index contributed by atoms with van der Waals surface area (Å²) in [7, 11) is 0. The summed E-state index contributed by atoms with van der Waals surface area (Å²) in [5.74, 6) is -0.0761. The molecule has 1 heterocycles. The maximum absolute atomic E-state index is 13.3. The number of carbonyl (C=O) groups is 3. The highest BCUT2D eigenvalue weighted by Crippen LogP contribution is 2.26. The Labute approximate surface area is 187 Å². The average molecular weight is 430 g/mol. The third-order valence-corrected chi connectivity index (χ3v) is 5.95. The molecule has 0 saturated carbocycles. The van der Waals surface area contributed by atoms with Gasteiger partial charge in [-0.25, -0.2) is 0 Å². The fourth-order valence-electron chi connectivity index (χ4n) is 4.17. The lowest BCUT2D eigenvalue weighted by atomic mass is 9.86. The second-order valence-corrected chi connectivity index (χ2v) is 9.79. The van der Waals surface area contributed by atoms with Gasteiger partial charge in [0.1, 0.15) is 6.04 Å². The van der Waals surface area contributed by atoms with Gasteiger partial charge in [0.15, 0.2) is 0 Å². The number of aryl methyl sites for hydroxylation is 1. The van der Waals surface area contributed by atoms with Crippen molar-refractivity contribution in [3.05, 3.63) is 35.4 Å². The molecule has 0 bridgehead atoms. The van der Waals surface area contributed by atoms with Gasteiger partial charge in [-0.05, 0) is 57.1 Å². The SMILES string of the molecule is CCN(CC)C(=O)C(NC(=O)c1cccc(C)c1)C1CCN(C(=O)CC(C)(C)C)CC1. The lowest BCUT2D eigenvalue weighted by Gasteiger charge is -2.38. The van der Waals surface area contributed by atoms with E-state index in [-0.39, 0.29) is 29.1 Å². The van der Waals surface area contributed by atoms with E-state index >= 15 is 0 Å². The molecule has 1 aromatic carbocycles. The van der Waals surface area contributed by atoms with Crippen molar-refractivity contribution in [2.75, 3.05) is 26.2 Å². The minimum Gasteiger partial charge on any atom is -0.343 e. The van der Waals surface area contributed by atoms with Gasteiger partial charge in [-0.2, -0.15) is 0 Å². The number of amides is 3. The van der Waals surface area contributed by atoms with Crippen LogP contribution < -0.4 is 5.32 Å². The lowest BCUT2D eigenvalue weighted by molar-refractivity contribution is -0.136. The molecule has 1 fully saturated rings. The maximum Gasteiger partial charge on any atom is 0.251 e. The van der Waals surface area contributed by atoms with Crippen LogP contribution in [0, 0.1) is 18.3 Å². The van der Waals surface area contributed by atoms with E-state index in [0.717, 1.165) is 5.56 Å². The first-order chi connectivity index (χ1) is 14.6. The minimum absolute atomic E-state index is 0.0144. The van der Waals surface area contributed by atoms with Crippen molar-refractivity contribution in [2.24, 2.45) is 11.3 Å². The Hall–Kier alpha value is -2.37. The van der Waals surface area contributed by atoms with Crippen molar-refractivity contribution in [1.82, 2.24) is 15.1 Å². The second-order valence-electron chi connectivity index (χ2n) is 9.79. The summed E-state index contributed by atoms with van der Waals surface area (Å²) in [4.78, 5) is 42.5. The van der Waals surface area contributed by atoms with Gasteiger partial charge in [0, 0.05) is 38.2 Å². The van der Waals surface area contributed by atoms with Crippen LogP contribution >= 0.6 is 0 Å². The zero-order valence-electron chi connectivity index (χ0n) is 20.0. The number of hydrogen-bond donors (Lipinski definition) is 1. The number of benzene rings is 1. The lowest BCUT2D eigenvalue weighted by Crippen LogP contribution is -2.54. The Morgan fingerprint density at radius 1 is 1.13 bits per heavy atom. The first kappa shape index (κ1) is 24.9. The minimum atomic E-state index is -0.576. The fourth-order valence-corrected chi connectivity index (χ4v) is 4.17. The summed E-state index contributed by atoms with van der Waals surface area (Å²) in [5.41, 5.74) is 1.52. The Morgan fingerprint density at radius 3 is 2.26 bits per heavy atom. The largest absolute Gasteiger partial charge is 0.343 e. The topological polar surface area (TPSA) is 69.7 Å². The number of likely N-dealkylation sites (tertiary alicyclic amines) is 1. The number of nitrogens with zero attached hydrogens (tertiary/aromatic N) is 2. The molecule has 0 radical (unpaired) electrons. The molecule has 1 aromatic rings. The molecule has 2 rings (SSSR count). The average Bonchev–Trinajstić information content (AvgIpc) is 2.71. The monoisotopic (exact) mass is 429 g/mol. The van der Waals surface area contributed by atoms with Gasteiger partial charge >= 0.3 is 0 Å². The smallest absolute Gasteiger partial charge is 0.251 e. The second kappa shape index (κ2) is 10.8. The van der Waals surface area contributed by atoms with E-state index in [1.807, 2.05) is 43.9 Å². The predicted octanol–water partition coefficient (Wildman–Crippen LogP) is 3.64. The van der Waals surface area contributed by atoms with E-state index in [1.165, 1.54) is 0 Å². The molecule has 3 amide bonds. The predicted molar refractivity (Wildman–Crippen MR) is 124 cm³/mol. The van der Waals surface area contributed by atoms with Crippen LogP contribution in [0.1, 0.15) is 69.8 Å². The molecule has 1 unspecified atom stereocenters. The molecule has 6 nitrogen and oxygen atoms in total. The highest BCUT2D eigenvalue weighted by atomic mass is 16.2. The molecular weight excluding hydrogens is 390 g/mol. The molecule has 0 aromatic heterocycles. The summed E-state index contributed by atoms with van der Waals surface area (Å²) in [6.45, 7) is 14.5. The standard InChI is InChI=1S/C25H39N3O3/c1-7-27(8-2)24(31)22(26-23(30)20-11-9-10-18(3)16-20)19-12-14-28(15-13-19)21(29)17-25(4,5)6/h9-11,16,19,22H,7-8,12-15,17H2,1-6H3,(H,26,30). The van der Waals surface area contributed by atoms with Gasteiger partial charge in [-0.1, -0.05) is 38.5 Å². The summed E-state index contributed by atoms with van der Waals surface area (Å²) in [5, 5.41) is 3.03. The van der Waals surface area contributed by atoms with Crippen molar-refractivity contribution < 1.29 is 14.4 Å². The van der Waals surface area contributed by atoms with Crippen LogP contribution in [0.2, 0.25) is 0 Å². The van der Waals surface area contributed by atoms with Crippen molar-refractivity contribution >= 4 is 17.7 Å². The van der Waals surface area contributed by atoms with Gasteiger partial charge in [0.2, 0.25) is 11.8 Å². The van der Waals surface area contributed by atoms with E-state index in [2.05, 4.69) is 26.1 Å². The number of hydrogen-bond acceptors (Lipinski definition) is 3. The first-order valence-corrected chi connectivity index (χ1v) is 11.5. The summed E-state index contributed by atoms with van der Waals surface area (Å²) in [6.07, 6.45) is 1.94. The maximum atomic E-state index is 13.3. The Kier molecular flexibility index (Phi) is 8.66. The van der Waals surface area contributed by atoms with Crippen molar-refractivity contribution in [1.29, 1.82) is 0 Å². The van der Waals surface area contributed by atoms with E-state index in [4.69, 9.17) is 0 Å². The van der Waals surface area contributed by atoms with Crippen LogP contribution in [0.5, 0.6) is 0 Å². The van der Waals surface area contributed by atoms with Crippen LogP contribution in [-0.2, 0) is 9.59 Å². The van der Waals surface area contributed by atoms with E-state index < -0.39 is 6.04 Å². The molecule has 172 valence electrons. The molecule has 1 aliphatic rings. The fraction of sp³-hybridized carbons (Fsp3) is 0.640. The zero-order chi connectivity index (χ0) is 23.2. The van der Waals surface area contributed by atoms with Gasteiger partial charge < -0.3 is 15.1 Å². The Morgan fingerprint density at radius 2 is 1.74 bits per heavy atom. The molecule has 0 spiro atoms. The number of rotatable bonds is 7. The Bertz CT molecular complexity index is 772. The zero-order valence-corrected chi connectivity index (χ0v) is 20.0. The summed E-state index contributed by atoms with van der Waals surface area (Å²) < 4.78 is 0. The van der Waals surface area contributed by atoms with Crippen molar-refractivity contribution in [2.45, 2.75) is 66.8 Å². The number of nitrogens with one attached hydrogen (secondary N) is 1. The van der Waals surface area contributed by atoms with Crippen LogP contribution in [0.25, 0.3) is 0 Å². The molecule has 0 aliphatic carbocycles. The molecule has 1 atom stereocenters. The van der Waals surface area contributed by atoms with Crippen LogP contribution in [0.15, 0.2) is 24.3 Å². The van der Waals surface area contributed by atoms with Gasteiger partial charge in [-0.15, -0.1) is 0 Å². The number of likely N-dealkylation sites (N-methyl/N-ethyl adjacent to an activating group) is 1. The molecule has 31 heavy (non-hydrogen) atoms. The van der Waals surface area contributed by atoms with Crippen molar-refractivity contribution in [3.63, 3.8) is 0 Å². The van der Waals surface area contributed by atoms with Crippen LogP contribution in [0.3, 0.4) is 0 Å². The first-order valence-electron chi connectivity index (χ1n) is 11.5. The van der Waals surface area contributed by atoms with Crippen molar-refractivity contribution in [3.8, 4) is 0 Å². The highest BCUT2D eigenvalue weighted by molar-refractivity contribution is 5.97.